The van der Waals surface area contributed by atoms with Crippen LogP contribution in [0.3, 0.4) is 0 Å². The summed E-state index contributed by atoms with van der Waals surface area (Å²) in [5.41, 5.74) is 3.29. The van der Waals surface area contributed by atoms with E-state index in [2.05, 4.69) is 15.7 Å². The second-order valence-corrected chi connectivity index (χ2v) is 7.91. The van der Waals surface area contributed by atoms with Crippen molar-refractivity contribution in [2.75, 3.05) is 0 Å². The van der Waals surface area contributed by atoms with Crippen LogP contribution in [0.25, 0.3) is 11.3 Å². The van der Waals surface area contributed by atoms with Crippen LogP contribution >= 0.6 is 0 Å². The van der Waals surface area contributed by atoms with E-state index in [4.69, 9.17) is 4.42 Å². The minimum absolute atomic E-state index is 0.0204. The van der Waals surface area contributed by atoms with Crippen molar-refractivity contribution >= 4 is 17.8 Å². The molecule has 1 atom stereocenters. The number of oxazole rings is 1. The van der Waals surface area contributed by atoms with E-state index in [9.17, 15) is 14.4 Å². The maximum Gasteiger partial charge on any atom is 0.344 e. The van der Waals surface area contributed by atoms with Gasteiger partial charge in [0.15, 0.2) is 11.7 Å². The SMILES string of the molecule is CC1(CCc2ccccc2)NC(=O)N(NC(=O)CCc2ncc(-c3ccccc3)o2)C1=O. The Bertz CT molecular complexity index is 1110. The van der Waals surface area contributed by atoms with Crippen molar-refractivity contribution in [1.29, 1.82) is 0 Å². The predicted molar refractivity (Wildman–Crippen MR) is 117 cm³/mol. The van der Waals surface area contributed by atoms with Crippen LogP contribution in [-0.2, 0) is 22.4 Å². The molecule has 1 aliphatic rings. The van der Waals surface area contributed by atoms with Gasteiger partial charge in [0.05, 0.1) is 6.20 Å². The minimum atomic E-state index is -1.08. The van der Waals surface area contributed by atoms with E-state index in [1.807, 2.05) is 60.7 Å². The Morgan fingerprint density at radius 2 is 1.75 bits per heavy atom. The first-order valence-electron chi connectivity index (χ1n) is 10.4. The normalized spacial score (nSPS) is 18.0. The molecule has 1 aliphatic heterocycles. The molecule has 3 aromatic rings. The Kier molecular flexibility index (Phi) is 6.02. The van der Waals surface area contributed by atoms with E-state index >= 15 is 0 Å². The van der Waals surface area contributed by atoms with Crippen LogP contribution in [0, 0.1) is 0 Å². The van der Waals surface area contributed by atoms with Crippen molar-refractivity contribution in [3.8, 4) is 11.3 Å². The number of hydrazine groups is 1. The number of aromatic nitrogens is 1. The molecule has 0 saturated carbocycles. The van der Waals surface area contributed by atoms with Crippen LogP contribution in [-0.4, -0.2) is 33.4 Å². The average molecular weight is 432 g/mol. The number of urea groups is 1. The van der Waals surface area contributed by atoms with Gasteiger partial charge >= 0.3 is 6.03 Å². The van der Waals surface area contributed by atoms with Crippen LogP contribution < -0.4 is 10.7 Å². The molecule has 0 bridgehead atoms. The van der Waals surface area contributed by atoms with E-state index in [0.29, 0.717) is 24.5 Å². The lowest BCUT2D eigenvalue weighted by Gasteiger charge is -2.21. The van der Waals surface area contributed by atoms with Crippen LogP contribution in [0.15, 0.2) is 71.3 Å². The Hall–Kier alpha value is -3.94. The van der Waals surface area contributed by atoms with Gasteiger partial charge in [-0.15, -0.1) is 0 Å². The molecule has 164 valence electrons. The van der Waals surface area contributed by atoms with Crippen LogP contribution in [0.2, 0.25) is 0 Å². The van der Waals surface area contributed by atoms with Crippen molar-refractivity contribution < 1.29 is 18.8 Å². The summed E-state index contributed by atoms with van der Waals surface area (Å²) in [5.74, 6) is 0.0720. The number of hydrogen-bond acceptors (Lipinski definition) is 5. The average Bonchev–Trinajstić information content (AvgIpc) is 3.37. The molecule has 1 unspecified atom stereocenters. The number of benzene rings is 2. The summed E-state index contributed by atoms with van der Waals surface area (Å²) >= 11 is 0. The van der Waals surface area contributed by atoms with Crippen molar-refractivity contribution in [2.24, 2.45) is 0 Å². The highest BCUT2D eigenvalue weighted by Crippen LogP contribution is 2.23. The molecule has 0 spiro atoms. The largest absolute Gasteiger partial charge is 0.441 e. The third-order valence-electron chi connectivity index (χ3n) is 5.43. The molecule has 1 fully saturated rings. The number of amides is 4. The second-order valence-electron chi connectivity index (χ2n) is 7.91. The summed E-state index contributed by atoms with van der Waals surface area (Å²) in [6, 6.07) is 18.6. The van der Waals surface area contributed by atoms with Gasteiger partial charge in [-0.25, -0.2) is 9.78 Å². The number of rotatable bonds is 8. The zero-order chi connectivity index (χ0) is 22.6. The Balaban J connectivity index is 1.31. The molecule has 0 aliphatic carbocycles. The first-order valence-corrected chi connectivity index (χ1v) is 10.4. The molecule has 32 heavy (non-hydrogen) atoms. The number of carbonyl (C=O) groups excluding carboxylic acids is 3. The lowest BCUT2D eigenvalue weighted by atomic mass is 9.93. The molecule has 1 saturated heterocycles. The first-order chi connectivity index (χ1) is 15.4. The Labute approximate surface area is 185 Å². The fraction of sp³-hybridized carbons (Fsp3) is 0.250. The number of nitrogens with one attached hydrogen (secondary N) is 2. The van der Waals surface area contributed by atoms with E-state index in [-0.39, 0.29) is 12.8 Å². The van der Waals surface area contributed by atoms with E-state index < -0.39 is 23.4 Å². The van der Waals surface area contributed by atoms with E-state index in [1.165, 1.54) is 0 Å². The minimum Gasteiger partial charge on any atom is -0.441 e. The molecule has 1 aromatic heterocycles. The Morgan fingerprint density at radius 1 is 1.06 bits per heavy atom. The smallest absolute Gasteiger partial charge is 0.344 e. The highest BCUT2D eigenvalue weighted by Gasteiger charge is 2.48. The van der Waals surface area contributed by atoms with Gasteiger partial charge in [-0.05, 0) is 25.3 Å². The van der Waals surface area contributed by atoms with Crippen molar-refractivity contribution in [1.82, 2.24) is 20.7 Å². The predicted octanol–water partition coefficient (Wildman–Crippen LogP) is 3.25. The van der Waals surface area contributed by atoms with Crippen molar-refractivity contribution in [2.45, 2.75) is 38.1 Å². The summed E-state index contributed by atoms with van der Waals surface area (Å²) in [4.78, 5) is 41.7. The second kappa shape index (κ2) is 9.05. The standard InChI is InChI=1S/C24H24N4O4/c1-24(15-14-17-8-4-2-5-9-17)22(30)28(23(31)26-24)27-20(29)12-13-21-25-16-19(32-21)18-10-6-3-7-11-18/h2-11,16H,12-15H2,1H3,(H,26,31)(H,27,29). The molecule has 4 rings (SSSR count). The van der Waals surface area contributed by atoms with E-state index in [1.54, 1.807) is 13.1 Å². The zero-order valence-electron chi connectivity index (χ0n) is 17.7. The van der Waals surface area contributed by atoms with E-state index in [0.717, 1.165) is 16.1 Å². The summed E-state index contributed by atoms with van der Waals surface area (Å²) in [5, 5.41) is 3.46. The van der Waals surface area contributed by atoms with Gasteiger partial charge in [0.2, 0.25) is 5.91 Å². The van der Waals surface area contributed by atoms with Crippen LogP contribution in [0.1, 0.15) is 31.2 Å². The number of hydrogen-bond donors (Lipinski definition) is 2. The number of carbonyl (C=O) groups is 3. The fourth-order valence-corrected chi connectivity index (χ4v) is 3.56. The van der Waals surface area contributed by atoms with Crippen LogP contribution in [0.5, 0.6) is 0 Å². The van der Waals surface area contributed by atoms with Gasteiger partial charge in [-0.1, -0.05) is 60.7 Å². The molecule has 2 heterocycles. The quantitative estimate of drug-likeness (QED) is 0.532. The Morgan fingerprint density at radius 3 is 2.47 bits per heavy atom. The summed E-state index contributed by atoms with van der Waals surface area (Å²) < 4.78 is 5.69. The maximum absolute atomic E-state index is 12.8. The number of imide groups is 1. The van der Waals surface area contributed by atoms with Gasteiger partial charge in [0, 0.05) is 18.4 Å². The van der Waals surface area contributed by atoms with Gasteiger partial charge in [-0.2, -0.15) is 5.01 Å². The fourth-order valence-electron chi connectivity index (χ4n) is 3.56. The van der Waals surface area contributed by atoms with Gasteiger partial charge < -0.3 is 9.73 Å². The third-order valence-corrected chi connectivity index (χ3v) is 5.43. The first kappa shape index (κ1) is 21.3. The van der Waals surface area contributed by atoms with Crippen molar-refractivity contribution in [3.05, 3.63) is 78.3 Å². The molecule has 2 N–H and O–H groups in total. The third kappa shape index (κ3) is 4.69. The molecule has 4 amide bonds. The van der Waals surface area contributed by atoms with Gasteiger partial charge in [-0.3, -0.25) is 15.0 Å². The topological polar surface area (TPSA) is 105 Å². The van der Waals surface area contributed by atoms with Gasteiger partial charge in [0.25, 0.3) is 5.91 Å². The highest BCUT2D eigenvalue weighted by molar-refractivity contribution is 6.07. The summed E-state index contributed by atoms with van der Waals surface area (Å²) in [6.07, 6.45) is 2.92. The molecular formula is C24H24N4O4. The number of nitrogens with zero attached hydrogens (tertiary/aromatic N) is 2. The maximum atomic E-state index is 12.8. The van der Waals surface area contributed by atoms with Crippen molar-refractivity contribution in [3.63, 3.8) is 0 Å². The molecule has 2 aromatic carbocycles. The lowest BCUT2D eigenvalue weighted by Crippen LogP contribution is -2.49. The summed E-state index contributed by atoms with van der Waals surface area (Å²) in [6.45, 7) is 1.67. The van der Waals surface area contributed by atoms with Gasteiger partial charge in [0.1, 0.15) is 5.54 Å². The molecule has 0 radical (unpaired) electrons. The number of aryl methyl sites for hydroxylation is 2. The zero-order valence-corrected chi connectivity index (χ0v) is 17.7. The summed E-state index contributed by atoms with van der Waals surface area (Å²) in [7, 11) is 0. The highest BCUT2D eigenvalue weighted by atomic mass is 16.4. The lowest BCUT2D eigenvalue weighted by molar-refractivity contribution is -0.138. The van der Waals surface area contributed by atoms with Crippen LogP contribution in [0.4, 0.5) is 4.79 Å². The molecule has 8 nitrogen and oxygen atoms in total. The monoisotopic (exact) mass is 432 g/mol. The molecular weight excluding hydrogens is 408 g/mol. The molecule has 8 heteroatoms.